The van der Waals surface area contributed by atoms with Crippen molar-refractivity contribution in [2.24, 2.45) is 0 Å². The van der Waals surface area contributed by atoms with E-state index in [1.807, 2.05) is 39.5 Å². The molecule has 0 spiro atoms. The second-order valence-corrected chi connectivity index (χ2v) is 8.25. The number of anilines is 1. The summed E-state index contributed by atoms with van der Waals surface area (Å²) in [7, 11) is -1.29. The van der Waals surface area contributed by atoms with E-state index in [0.29, 0.717) is 43.2 Å². The van der Waals surface area contributed by atoms with Gasteiger partial charge in [0.05, 0.1) is 4.90 Å². The molecule has 1 N–H and O–H groups in total. The van der Waals surface area contributed by atoms with Gasteiger partial charge < -0.3 is 10.2 Å². The van der Waals surface area contributed by atoms with E-state index >= 15 is 0 Å². The van der Waals surface area contributed by atoms with E-state index in [2.05, 4.69) is 11.9 Å². The van der Waals surface area contributed by atoms with Crippen LogP contribution in [0.4, 0.5) is 5.69 Å². The maximum absolute atomic E-state index is 12.8. The van der Waals surface area contributed by atoms with Crippen molar-refractivity contribution in [3.63, 3.8) is 0 Å². The molecule has 1 aliphatic rings. The Labute approximate surface area is 173 Å². The first kappa shape index (κ1) is 21.0. The third kappa shape index (κ3) is 5.85. The third-order valence-electron chi connectivity index (χ3n) is 4.81. The molecule has 1 unspecified atom stereocenters. The van der Waals surface area contributed by atoms with Gasteiger partial charge in [-0.25, -0.2) is 8.51 Å². The summed E-state index contributed by atoms with van der Waals surface area (Å²) in [5, 5.41) is 2.67. The number of benzene rings is 2. The molecule has 2 amide bonds. The van der Waals surface area contributed by atoms with Gasteiger partial charge in [0.25, 0.3) is 0 Å². The first-order valence-electron chi connectivity index (χ1n) is 9.59. The average Bonchev–Trinajstić information content (AvgIpc) is 2.78. The van der Waals surface area contributed by atoms with E-state index < -0.39 is 11.0 Å². The van der Waals surface area contributed by atoms with Crippen LogP contribution in [0.15, 0.2) is 72.1 Å². The van der Waals surface area contributed by atoms with Crippen LogP contribution in [0.3, 0.4) is 0 Å². The molecule has 1 fully saturated rings. The lowest BCUT2D eigenvalue weighted by Gasteiger charge is -2.33. The number of hydrogen-bond acceptors (Lipinski definition) is 3. The summed E-state index contributed by atoms with van der Waals surface area (Å²) in [6, 6.07) is 16.9. The van der Waals surface area contributed by atoms with Crippen LogP contribution >= 0.6 is 0 Å². The van der Waals surface area contributed by atoms with Crippen LogP contribution in [0, 0.1) is 0 Å². The van der Waals surface area contributed by atoms with Gasteiger partial charge in [-0.3, -0.25) is 9.59 Å². The monoisotopic (exact) mass is 411 g/mol. The van der Waals surface area contributed by atoms with Crippen LogP contribution in [0.1, 0.15) is 12.0 Å². The SMILES string of the molecule is C=CC(=O)Nc1ccc(S(=O)N2CCN(C(=O)CCc3ccccc3)CC2)cc1. The molecule has 0 saturated carbocycles. The average molecular weight is 412 g/mol. The van der Waals surface area contributed by atoms with Crippen molar-refractivity contribution >= 4 is 28.5 Å². The highest BCUT2D eigenvalue weighted by molar-refractivity contribution is 7.82. The Bertz CT molecular complexity index is 876. The number of rotatable bonds is 7. The van der Waals surface area contributed by atoms with Gasteiger partial charge in [0.2, 0.25) is 11.8 Å². The van der Waals surface area contributed by atoms with Gasteiger partial charge in [-0.15, -0.1) is 0 Å². The standard InChI is InChI=1S/C22H25N3O3S/c1-2-21(26)23-19-9-11-20(12-10-19)29(28)25-16-14-24(15-17-25)22(27)13-8-18-6-4-3-5-7-18/h2-7,9-12H,1,8,13-17H2,(H,23,26). The number of amides is 2. The topological polar surface area (TPSA) is 69.7 Å². The molecule has 29 heavy (non-hydrogen) atoms. The second kappa shape index (κ2) is 10.1. The zero-order valence-electron chi connectivity index (χ0n) is 16.3. The molecule has 2 aromatic rings. The number of hydrogen-bond donors (Lipinski definition) is 1. The van der Waals surface area contributed by atoms with E-state index in [9.17, 15) is 13.8 Å². The predicted molar refractivity (Wildman–Crippen MR) is 115 cm³/mol. The highest BCUT2D eigenvalue weighted by Crippen LogP contribution is 2.17. The van der Waals surface area contributed by atoms with Crippen molar-refractivity contribution < 1.29 is 13.8 Å². The molecule has 1 heterocycles. The van der Waals surface area contributed by atoms with Crippen molar-refractivity contribution in [1.29, 1.82) is 0 Å². The quantitative estimate of drug-likeness (QED) is 0.712. The number of aryl methyl sites for hydroxylation is 1. The van der Waals surface area contributed by atoms with Crippen molar-refractivity contribution in [2.75, 3.05) is 31.5 Å². The minimum absolute atomic E-state index is 0.140. The lowest BCUT2D eigenvalue weighted by molar-refractivity contribution is -0.132. The highest BCUT2D eigenvalue weighted by Gasteiger charge is 2.24. The molecule has 0 bridgehead atoms. The van der Waals surface area contributed by atoms with Gasteiger partial charge in [0.15, 0.2) is 0 Å². The maximum atomic E-state index is 12.8. The Morgan fingerprint density at radius 2 is 1.66 bits per heavy atom. The molecule has 0 aliphatic carbocycles. The number of carbonyl (C=O) groups excluding carboxylic acids is 2. The normalized spacial score (nSPS) is 15.5. The van der Waals surface area contributed by atoms with Crippen LogP contribution in [0.2, 0.25) is 0 Å². The van der Waals surface area contributed by atoms with Crippen LogP contribution in [-0.4, -0.2) is 51.4 Å². The Hall–Kier alpha value is -2.77. The Balaban J connectivity index is 1.48. The van der Waals surface area contributed by atoms with Crippen LogP contribution in [0.25, 0.3) is 0 Å². The molecule has 2 aromatic carbocycles. The largest absolute Gasteiger partial charge is 0.340 e. The second-order valence-electron chi connectivity index (χ2n) is 6.76. The summed E-state index contributed by atoms with van der Waals surface area (Å²) in [6.07, 6.45) is 2.43. The van der Waals surface area contributed by atoms with Crippen LogP contribution < -0.4 is 5.32 Å². The van der Waals surface area contributed by atoms with Crippen molar-refractivity contribution in [3.05, 3.63) is 72.8 Å². The summed E-state index contributed by atoms with van der Waals surface area (Å²) < 4.78 is 14.7. The smallest absolute Gasteiger partial charge is 0.247 e. The number of nitrogens with zero attached hydrogens (tertiary/aromatic N) is 2. The summed E-state index contributed by atoms with van der Waals surface area (Å²) in [5.74, 6) is -0.145. The van der Waals surface area contributed by atoms with Gasteiger partial charge in [-0.1, -0.05) is 36.9 Å². The fraction of sp³-hybridized carbons (Fsp3) is 0.273. The molecular weight excluding hydrogens is 386 g/mol. The summed E-state index contributed by atoms with van der Waals surface area (Å²) in [5.41, 5.74) is 1.79. The molecule has 7 heteroatoms. The first-order valence-corrected chi connectivity index (χ1v) is 10.7. The molecule has 6 nitrogen and oxygen atoms in total. The summed E-state index contributed by atoms with van der Waals surface area (Å²) >= 11 is 0. The maximum Gasteiger partial charge on any atom is 0.247 e. The molecule has 1 saturated heterocycles. The van der Waals surface area contributed by atoms with Gasteiger partial charge in [0, 0.05) is 38.3 Å². The van der Waals surface area contributed by atoms with Crippen molar-refractivity contribution in [2.45, 2.75) is 17.7 Å². The fourth-order valence-electron chi connectivity index (χ4n) is 3.15. The molecular formula is C22H25N3O3S. The lowest BCUT2D eigenvalue weighted by Crippen LogP contribution is -2.49. The van der Waals surface area contributed by atoms with E-state index in [4.69, 9.17) is 0 Å². The molecule has 0 aromatic heterocycles. The minimum atomic E-state index is -1.29. The third-order valence-corrected chi connectivity index (χ3v) is 6.31. The predicted octanol–water partition coefficient (Wildman–Crippen LogP) is 2.61. The number of piperazine rings is 1. The lowest BCUT2D eigenvalue weighted by atomic mass is 10.1. The van der Waals surface area contributed by atoms with Gasteiger partial charge in [-0.05, 0) is 42.3 Å². The Morgan fingerprint density at radius 1 is 1.00 bits per heavy atom. The summed E-state index contributed by atoms with van der Waals surface area (Å²) in [4.78, 5) is 26.3. The molecule has 1 atom stereocenters. The summed E-state index contributed by atoms with van der Waals surface area (Å²) in [6.45, 7) is 5.70. The minimum Gasteiger partial charge on any atom is -0.340 e. The molecule has 152 valence electrons. The van der Waals surface area contributed by atoms with E-state index in [1.165, 1.54) is 6.08 Å². The number of nitrogens with one attached hydrogen (secondary N) is 1. The van der Waals surface area contributed by atoms with E-state index in [-0.39, 0.29) is 11.8 Å². The Kier molecular flexibility index (Phi) is 7.32. The fourth-order valence-corrected chi connectivity index (χ4v) is 4.32. The van der Waals surface area contributed by atoms with E-state index in [1.54, 1.807) is 24.3 Å². The van der Waals surface area contributed by atoms with Crippen molar-refractivity contribution in [1.82, 2.24) is 9.21 Å². The number of carbonyl (C=O) groups is 2. The van der Waals surface area contributed by atoms with E-state index in [0.717, 1.165) is 12.0 Å². The van der Waals surface area contributed by atoms with Crippen LogP contribution in [-0.2, 0) is 27.0 Å². The Morgan fingerprint density at radius 3 is 2.28 bits per heavy atom. The molecule has 0 radical (unpaired) electrons. The first-order chi connectivity index (χ1) is 14.1. The van der Waals surface area contributed by atoms with Crippen LogP contribution in [0.5, 0.6) is 0 Å². The molecule has 1 aliphatic heterocycles. The van der Waals surface area contributed by atoms with Crippen molar-refractivity contribution in [3.8, 4) is 0 Å². The zero-order valence-corrected chi connectivity index (χ0v) is 17.1. The zero-order chi connectivity index (χ0) is 20.6. The van der Waals surface area contributed by atoms with Gasteiger partial charge in [0.1, 0.15) is 11.0 Å². The highest BCUT2D eigenvalue weighted by atomic mass is 32.2. The van der Waals surface area contributed by atoms with Gasteiger partial charge >= 0.3 is 0 Å². The van der Waals surface area contributed by atoms with Gasteiger partial charge in [-0.2, -0.15) is 0 Å². The molecule has 3 rings (SSSR count).